The highest BCUT2D eigenvalue weighted by Gasteiger charge is 2.15. The molecule has 9 nitrogen and oxygen atoms in total. The number of amides is 1. The highest BCUT2D eigenvalue weighted by Crippen LogP contribution is 2.06. The summed E-state index contributed by atoms with van der Waals surface area (Å²) in [4.78, 5) is 20.2. The van der Waals surface area contributed by atoms with E-state index >= 15 is 0 Å². The van der Waals surface area contributed by atoms with Crippen molar-refractivity contribution in [1.29, 1.82) is 0 Å². The number of aryl methyl sites for hydroxylation is 2. The number of hydrogen-bond donors (Lipinski definition) is 3. The lowest BCUT2D eigenvalue weighted by molar-refractivity contribution is 0.0529. The normalized spacial score (nSPS) is 11.5. The first-order chi connectivity index (χ1) is 11.8. The Hall–Kier alpha value is -1.59. The minimum absolute atomic E-state index is 0. The molecule has 0 unspecified atom stereocenters. The zero-order chi connectivity index (χ0) is 18.7. The van der Waals surface area contributed by atoms with Gasteiger partial charge in [0.25, 0.3) is 0 Å². The highest BCUT2D eigenvalue weighted by atomic mass is 127. The van der Waals surface area contributed by atoms with Gasteiger partial charge in [0, 0.05) is 32.6 Å². The summed E-state index contributed by atoms with van der Waals surface area (Å²) < 4.78 is 10.2. The van der Waals surface area contributed by atoms with Gasteiger partial charge in [-0.3, -0.25) is 4.99 Å². The van der Waals surface area contributed by atoms with Crippen LogP contribution in [-0.2, 0) is 11.2 Å². The summed E-state index contributed by atoms with van der Waals surface area (Å²) in [5.74, 6) is 1.98. The van der Waals surface area contributed by atoms with Crippen molar-refractivity contribution in [2.24, 2.45) is 4.99 Å². The van der Waals surface area contributed by atoms with E-state index in [-0.39, 0.29) is 24.0 Å². The van der Waals surface area contributed by atoms with Gasteiger partial charge in [-0.1, -0.05) is 5.16 Å². The molecule has 1 amide bonds. The van der Waals surface area contributed by atoms with Crippen LogP contribution < -0.4 is 16.0 Å². The van der Waals surface area contributed by atoms with Crippen molar-refractivity contribution in [3.05, 3.63) is 11.7 Å². The molecule has 3 N–H and O–H groups in total. The third-order valence-electron chi connectivity index (χ3n) is 2.82. The molecule has 0 saturated carbocycles. The van der Waals surface area contributed by atoms with Crippen LogP contribution in [0.4, 0.5) is 4.79 Å². The molecule has 0 radical (unpaired) electrons. The van der Waals surface area contributed by atoms with Crippen molar-refractivity contribution in [1.82, 2.24) is 26.1 Å². The van der Waals surface area contributed by atoms with Crippen LogP contribution in [0.25, 0.3) is 0 Å². The second-order valence-electron chi connectivity index (χ2n) is 6.45. The Morgan fingerprint density at radius 2 is 1.92 bits per heavy atom. The molecular formula is C16H31IN6O3. The summed E-state index contributed by atoms with van der Waals surface area (Å²) in [5, 5.41) is 12.8. The molecule has 0 aliphatic heterocycles. The van der Waals surface area contributed by atoms with Crippen LogP contribution in [-0.4, -0.2) is 54.0 Å². The maximum atomic E-state index is 11.5. The first-order valence-electron chi connectivity index (χ1n) is 8.58. The van der Waals surface area contributed by atoms with Crippen molar-refractivity contribution in [2.75, 3.05) is 26.2 Å². The summed E-state index contributed by atoms with van der Waals surface area (Å²) in [6.45, 7) is 11.7. The van der Waals surface area contributed by atoms with Gasteiger partial charge >= 0.3 is 6.09 Å². The van der Waals surface area contributed by atoms with Crippen LogP contribution in [0.2, 0.25) is 0 Å². The van der Waals surface area contributed by atoms with E-state index in [4.69, 9.17) is 9.26 Å². The molecular weight excluding hydrogens is 451 g/mol. The van der Waals surface area contributed by atoms with Crippen LogP contribution in [0, 0.1) is 6.92 Å². The van der Waals surface area contributed by atoms with E-state index < -0.39 is 11.7 Å². The fraction of sp³-hybridized carbons (Fsp3) is 0.750. The lowest BCUT2D eigenvalue weighted by Crippen LogP contribution is -2.42. The number of carbonyl (C=O) groups is 1. The van der Waals surface area contributed by atoms with Gasteiger partial charge in [0.2, 0.25) is 5.89 Å². The van der Waals surface area contributed by atoms with Gasteiger partial charge in [0.05, 0.1) is 0 Å². The Kier molecular flexibility index (Phi) is 11.9. The molecule has 0 saturated heterocycles. The molecule has 0 aliphatic carbocycles. The van der Waals surface area contributed by atoms with Gasteiger partial charge in [0.1, 0.15) is 5.60 Å². The molecule has 0 aromatic carbocycles. The lowest BCUT2D eigenvalue weighted by Gasteiger charge is -2.19. The second kappa shape index (κ2) is 12.7. The Bertz CT molecular complexity index is 556. The third kappa shape index (κ3) is 11.9. The molecule has 150 valence electrons. The summed E-state index contributed by atoms with van der Waals surface area (Å²) >= 11 is 0. The van der Waals surface area contributed by atoms with Crippen LogP contribution >= 0.6 is 24.0 Å². The quantitative estimate of drug-likeness (QED) is 0.225. The monoisotopic (exact) mass is 482 g/mol. The number of halogens is 1. The molecule has 1 heterocycles. The molecule has 26 heavy (non-hydrogen) atoms. The number of alkyl carbamates (subject to hydrolysis) is 1. The van der Waals surface area contributed by atoms with Crippen LogP contribution in [0.3, 0.4) is 0 Å². The Balaban J connectivity index is 0.00000625. The SMILES string of the molecule is CCNC(=NCCCc1nc(C)no1)NCCNC(=O)OC(C)(C)C.I. The summed E-state index contributed by atoms with van der Waals surface area (Å²) in [6.07, 6.45) is 1.09. The van der Waals surface area contributed by atoms with Gasteiger partial charge < -0.3 is 25.2 Å². The zero-order valence-electron chi connectivity index (χ0n) is 16.2. The predicted molar refractivity (Wildman–Crippen MR) is 111 cm³/mol. The average molecular weight is 482 g/mol. The third-order valence-corrected chi connectivity index (χ3v) is 2.82. The molecule has 0 bridgehead atoms. The van der Waals surface area contributed by atoms with E-state index in [0.717, 1.165) is 13.0 Å². The van der Waals surface area contributed by atoms with E-state index in [1.54, 1.807) is 6.92 Å². The number of aliphatic imine (C=N–C) groups is 1. The number of nitrogens with one attached hydrogen (secondary N) is 3. The highest BCUT2D eigenvalue weighted by molar-refractivity contribution is 14.0. The van der Waals surface area contributed by atoms with Gasteiger partial charge in [-0.25, -0.2) is 4.79 Å². The summed E-state index contributed by atoms with van der Waals surface area (Å²) in [6, 6.07) is 0. The predicted octanol–water partition coefficient (Wildman–Crippen LogP) is 2.01. The number of nitrogens with zero attached hydrogens (tertiary/aromatic N) is 3. The maximum absolute atomic E-state index is 11.5. The first kappa shape index (κ1) is 24.4. The number of guanidine groups is 1. The number of hydrogen-bond acceptors (Lipinski definition) is 6. The van der Waals surface area contributed by atoms with E-state index in [2.05, 4.69) is 31.1 Å². The van der Waals surface area contributed by atoms with Gasteiger partial charge in [0.15, 0.2) is 11.8 Å². The molecule has 10 heteroatoms. The topological polar surface area (TPSA) is 114 Å². The van der Waals surface area contributed by atoms with Gasteiger partial charge in [-0.15, -0.1) is 24.0 Å². The smallest absolute Gasteiger partial charge is 0.407 e. The molecule has 0 atom stereocenters. The van der Waals surface area contributed by atoms with Gasteiger partial charge in [-0.05, 0) is 41.0 Å². The van der Waals surface area contributed by atoms with Crippen LogP contribution in [0.15, 0.2) is 9.52 Å². The largest absolute Gasteiger partial charge is 0.444 e. The van der Waals surface area contributed by atoms with Crippen molar-refractivity contribution >= 4 is 36.0 Å². The number of carbonyl (C=O) groups excluding carboxylic acids is 1. The molecule has 1 aromatic heterocycles. The van der Waals surface area contributed by atoms with Crippen LogP contribution in [0.1, 0.15) is 45.8 Å². The number of rotatable bonds is 8. The van der Waals surface area contributed by atoms with Crippen molar-refractivity contribution in [2.45, 2.75) is 53.1 Å². The minimum Gasteiger partial charge on any atom is -0.444 e. The summed E-state index contributed by atoms with van der Waals surface area (Å²) in [7, 11) is 0. The van der Waals surface area contributed by atoms with Crippen molar-refractivity contribution in [3.63, 3.8) is 0 Å². The fourth-order valence-corrected chi connectivity index (χ4v) is 1.86. The molecule has 0 fully saturated rings. The first-order valence-corrected chi connectivity index (χ1v) is 8.58. The minimum atomic E-state index is -0.495. The molecule has 1 aromatic rings. The number of ether oxygens (including phenoxy) is 1. The van der Waals surface area contributed by atoms with E-state index in [0.29, 0.717) is 43.7 Å². The maximum Gasteiger partial charge on any atom is 0.407 e. The fourth-order valence-electron chi connectivity index (χ4n) is 1.86. The number of aromatic nitrogens is 2. The molecule has 1 rings (SSSR count). The summed E-state index contributed by atoms with van der Waals surface area (Å²) in [5.41, 5.74) is -0.495. The van der Waals surface area contributed by atoms with Crippen molar-refractivity contribution < 1.29 is 14.1 Å². The Labute approximate surface area is 172 Å². The molecule has 0 aliphatic rings. The van der Waals surface area contributed by atoms with E-state index in [9.17, 15) is 4.79 Å². The zero-order valence-corrected chi connectivity index (χ0v) is 18.5. The average Bonchev–Trinajstić information content (AvgIpc) is 2.91. The van der Waals surface area contributed by atoms with E-state index in [1.165, 1.54) is 0 Å². The standard InChI is InChI=1S/C16H30N6O3.HI/c1-6-17-14(18-9-7-8-13-21-12(2)22-25-13)19-10-11-20-15(23)24-16(3,4)5;/h6-11H2,1-5H3,(H,20,23)(H2,17,18,19);1H. The Morgan fingerprint density at radius 3 is 2.50 bits per heavy atom. The van der Waals surface area contributed by atoms with Crippen molar-refractivity contribution in [3.8, 4) is 0 Å². The Morgan fingerprint density at radius 1 is 1.23 bits per heavy atom. The second-order valence-corrected chi connectivity index (χ2v) is 6.45. The van der Waals surface area contributed by atoms with Crippen LogP contribution in [0.5, 0.6) is 0 Å². The van der Waals surface area contributed by atoms with Gasteiger partial charge in [-0.2, -0.15) is 4.98 Å². The lowest BCUT2D eigenvalue weighted by atomic mass is 10.2. The van der Waals surface area contributed by atoms with E-state index in [1.807, 2.05) is 27.7 Å². The molecule has 0 spiro atoms.